The average Bonchev–Trinajstić information content (AvgIpc) is 2.53. The molecular weight excluding hydrogens is 262 g/mol. The van der Waals surface area contributed by atoms with Crippen LogP contribution in [0.25, 0.3) is 10.9 Å². The minimum atomic E-state index is 0.707. The zero-order chi connectivity index (χ0) is 14.7. The molecule has 5 nitrogen and oxygen atoms in total. The molecule has 0 amide bonds. The third kappa shape index (κ3) is 2.76. The van der Waals surface area contributed by atoms with Gasteiger partial charge in [0.1, 0.15) is 12.1 Å². The molecule has 0 unspecified atom stereocenters. The highest BCUT2D eigenvalue weighted by Gasteiger charge is 2.12. The summed E-state index contributed by atoms with van der Waals surface area (Å²) >= 11 is 0. The van der Waals surface area contributed by atoms with Gasteiger partial charge in [0, 0.05) is 23.8 Å². The summed E-state index contributed by atoms with van der Waals surface area (Å²) in [6.45, 7) is 3.64. The van der Waals surface area contributed by atoms with E-state index in [0.717, 1.165) is 29.0 Å². The van der Waals surface area contributed by atoms with Crippen LogP contribution in [0.15, 0.2) is 48.9 Å². The topological polar surface area (TPSA) is 67.9 Å². The summed E-state index contributed by atoms with van der Waals surface area (Å²) in [6.07, 6.45) is 3.40. The molecule has 0 saturated carbocycles. The fourth-order valence-electron chi connectivity index (χ4n) is 2.34. The Hall–Kier alpha value is -2.69. The van der Waals surface area contributed by atoms with Crippen LogP contribution in [-0.4, -0.2) is 21.5 Å². The molecule has 5 heteroatoms. The second kappa shape index (κ2) is 5.75. The van der Waals surface area contributed by atoms with Crippen molar-refractivity contribution in [3.05, 3.63) is 54.6 Å². The van der Waals surface area contributed by atoms with E-state index in [-0.39, 0.29) is 0 Å². The highest BCUT2D eigenvalue weighted by atomic mass is 15.2. The van der Waals surface area contributed by atoms with Gasteiger partial charge >= 0.3 is 0 Å². The first-order valence-corrected chi connectivity index (χ1v) is 6.93. The minimum absolute atomic E-state index is 0.707. The summed E-state index contributed by atoms with van der Waals surface area (Å²) in [4.78, 5) is 15.3. The molecule has 21 heavy (non-hydrogen) atoms. The maximum Gasteiger partial charge on any atom is 0.140 e. The number of aromatic nitrogens is 3. The number of anilines is 2. The second-order valence-electron chi connectivity index (χ2n) is 4.81. The molecule has 0 aliphatic heterocycles. The first kappa shape index (κ1) is 13.3. The smallest absolute Gasteiger partial charge is 0.140 e. The van der Waals surface area contributed by atoms with Gasteiger partial charge in [-0.3, -0.25) is 4.98 Å². The molecule has 0 fully saturated rings. The fourth-order valence-corrected chi connectivity index (χ4v) is 2.34. The number of nitrogens with zero attached hydrogens (tertiary/aromatic N) is 4. The predicted molar refractivity (Wildman–Crippen MR) is 84.9 cm³/mol. The lowest BCUT2D eigenvalue weighted by Crippen LogP contribution is -2.24. The molecule has 3 aromatic rings. The Kier molecular flexibility index (Phi) is 3.64. The lowest BCUT2D eigenvalue weighted by molar-refractivity contribution is 0.796. The van der Waals surface area contributed by atoms with Crippen LogP contribution in [0.3, 0.4) is 0 Å². The largest absolute Gasteiger partial charge is 0.399 e. The molecule has 1 aromatic carbocycles. The van der Waals surface area contributed by atoms with Gasteiger partial charge in [-0.2, -0.15) is 0 Å². The normalized spacial score (nSPS) is 10.7. The number of rotatable bonds is 4. The van der Waals surface area contributed by atoms with Crippen molar-refractivity contribution in [1.82, 2.24) is 15.0 Å². The van der Waals surface area contributed by atoms with Crippen molar-refractivity contribution in [3.63, 3.8) is 0 Å². The third-order valence-electron chi connectivity index (χ3n) is 3.40. The molecule has 0 spiro atoms. The maximum atomic E-state index is 5.90. The summed E-state index contributed by atoms with van der Waals surface area (Å²) in [7, 11) is 0. The van der Waals surface area contributed by atoms with Crippen LogP contribution >= 0.6 is 0 Å². The number of hydrogen-bond acceptors (Lipinski definition) is 5. The Morgan fingerprint density at radius 2 is 2.00 bits per heavy atom. The van der Waals surface area contributed by atoms with Gasteiger partial charge in [-0.15, -0.1) is 0 Å². The van der Waals surface area contributed by atoms with E-state index in [1.807, 2.05) is 36.4 Å². The Bertz CT molecular complexity index is 742. The predicted octanol–water partition coefficient (Wildman–Crippen LogP) is 2.63. The van der Waals surface area contributed by atoms with E-state index in [1.165, 1.54) is 0 Å². The average molecular weight is 279 g/mol. The van der Waals surface area contributed by atoms with Crippen LogP contribution in [-0.2, 0) is 6.54 Å². The molecule has 0 aliphatic rings. The van der Waals surface area contributed by atoms with Crippen molar-refractivity contribution < 1.29 is 0 Å². The Balaban J connectivity index is 2.02. The zero-order valence-electron chi connectivity index (χ0n) is 11.9. The number of nitrogens with two attached hydrogens (primary N) is 1. The third-order valence-corrected chi connectivity index (χ3v) is 3.40. The number of benzene rings is 1. The highest BCUT2D eigenvalue weighted by Crippen LogP contribution is 2.25. The number of nitrogen functional groups attached to an aromatic ring is 1. The van der Waals surface area contributed by atoms with Crippen LogP contribution in [0.5, 0.6) is 0 Å². The van der Waals surface area contributed by atoms with Crippen molar-refractivity contribution in [2.45, 2.75) is 13.5 Å². The molecule has 0 bridgehead atoms. The molecule has 0 saturated heterocycles. The SMILES string of the molecule is CCN(Cc1ccccn1)c1ncnc2ccc(N)cc12. The van der Waals surface area contributed by atoms with E-state index < -0.39 is 0 Å². The summed E-state index contributed by atoms with van der Waals surface area (Å²) < 4.78 is 0. The van der Waals surface area contributed by atoms with Crippen LogP contribution in [0.1, 0.15) is 12.6 Å². The van der Waals surface area contributed by atoms with Crippen LogP contribution in [0, 0.1) is 0 Å². The van der Waals surface area contributed by atoms with Gasteiger partial charge in [0.15, 0.2) is 0 Å². The minimum Gasteiger partial charge on any atom is -0.399 e. The fraction of sp³-hybridized carbons (Fsp3) is 0.188. The van der Waals surface area contributed by atoms with Crippen molar-refractivity contribution in [2.75, 3.05) is 17.2 Å². The van der Waals surface area contributed by atoms with Gasteiger partial charge in [-0.05, 0) is 37.3 Å². The summed E-state index contributed by atoms with van der Waals surface area (Å²) in [5, 5.41) is 0.968. The van der Waals surface area contributed by atoms with Crippen LogP contribution in [0.2, 0.25) is 0 Å². The Morgan fingerprint density at radius 1 is 1.10 bits per heavy atom. The first-order chi connectivity index (χ1) is 10.3. The van der Waals surface area contributed by atoms with E-state index >= 15 is 0 Å². The summed E-state index contributed by atoms with van der Waals surface area (Å²) in [6, 6.07) is 11.6. The van der Waals surface area contributed by atoms with Crippen LogP contribution < -0.4 is 10.6 Å². The maximum absolute atomic E-state index is 5.90. The molecule has 0 atom stereocenters. The van der Waals surface area contributed by atoms with Crippen molar-refractivity contribution in [1.29, 1.82) is 0 Å². The van der Waals surface area contributed by atoms with E-state index in [9.17, 15) is 0 Å². The molecule has 2 heterocycles. The Labute approximate surface area is 123 Å². The van der Waals surface area contributed by atoms with Gasteiger partial charge in [0.2, 0.25) is 0 Å². The first-order valence-electron chi connectivity index (χ1n) is 6.93. The van der Waals surface area contributed by atoms with E-state index in [0.29, 0.717) is 12.2 Å². The second-order valence-corrected chi connectivity index (χ2v) is 4.81. The molecule has 2 aromatic heterocycles. The Morgan fingerprint density at radius 3 is 2.76 bits per heavy atom. The number of pyridine rings is 1. The lowest BCUT2D eigenvalue weighted by Gasteiger charge is -2.22. The standard InChI is InChI=1S/C16H17N5/c1-2-21(10-13-5-3-4-8-18-13)16-14-9-12(17)6-7-15(14)19-11-20-16/h3-9,11H,2,10,17H2,1H3. The van der Waals surface area contributed by atoms with Crippen molar-refractivity contribution >= 4 is 22.4 Å². The lowest BCUT2D eigenvalue weighted by atomic mass is 10.2. The zero-order valence-corrected chi connectivity index (χ0v) is 11.9. The van der Waals surface area contributed by atoms with E-state index in [1.54, 1.807) is 12.5 Å². The number of hydrogen-bond donors (Lipinski definition) is 1. The molecule has 0 radical (unpaired) electrons. The van der Waals surface area contributed by atoms with Gasteiger partial charge in [-0.1, -0.05) is 6.07 Å². The quantitative estimate of drug-likeness (QED) is 0.744. The van der Waals surface area contributed by atoms with E-state index in [4.69, 9.17) is 5.73 Å². The van der Waals surface area contributed by atoms with Gasteiger partial charge < -0.3 is 10.6 Å². The monoisotopic (exact) mass is 279 g/mol. The van der Waals surface area contributed by atoms with Gasteiger partial charge in [0.25, 0.3) is 0 Å². The summed E-state index contributed by atoms with van der Waals surface area (Å²) in [5.74, 6) is 0.889. The van der Waals surface area contributed by atoms with Gasteiger partial charge in [0.05, 0.1) is 17.8 Å². The van der Waals surface area contributed by atoms with Crippen LogP contribution in [0.4, 0.5) is 11.5 Å². The molecule has 3 rings (SSSR count). The van der Waals surface area contributed by atoms with Crippen molar-refractivity contribution in [2.24, 2.45) is 0 Å². The molecular formula is C16H17N5. The molecule has 106 valence electrons. The van der Waals surface area contributed by atoms with Crippen molar-refractivity contribution in [3.8, 4) is 0 Å². The number of fused-ring (bicyclic) bond motifs is 1. The van der Waals surface area contributed by atoms with Gasteiger partial charge in [-0.25, -0.2) is 9.97 Å². The molecule has 0 aliphatic carbocycles. The molecule has 2 N–H and O–H groups in total. The summed E-state index contributed by atoms with van der Waals surface area (Å²) in [5.41, 5.74) is 8.52. The van der Waals surface area contributed by atoms with E-state index in [2.05, 4.69) is 26.8 Å². The highest BCUT2D eigenvalue weighted by molar-refractivity contribution is 5.91.